The number of primary amides is 1. The molecule has 98 valence electrons. The van der Waals surface area contributed by atoms with Crippen LogP contribution in [0.1, 0.15) is 6.42 Å². The highest BCUT2D eigenvalue weighted by Crippen LogP contribution is 1.94. The topological polar surface area (TPSA) is 165 Å². The fraction of sp³-hybridized carbons (Fsp3) is 0.500. The predicted octanol–water partition coefficient (Wildman–Crippen LogP) is -2.49. The zero-order valence-corrected chi connectivity index (χ0v) is 9.48. The SMILES string of the molecule is COC(=O)NS(=O)(=O)N[C@H](CC(N)=O)C(=O)O. The number of carboxylic acids is 1. The van der Waals surface area contributed by atoms with Crippen molar-refractivity contribution in [2.45, 2.75) is 12.5 Å². The van der Waals surface area contributed by atoms with Crippen molar-refractivity contribution in [2.75, 3.05) is 7.11 Å². The minimum atomic E-state index is -4.45. The van der Waals surface area contributed by atoms with Crippen LogP contribution < -0.4 is 15.2 Å². The summed E-state index contributed by atoms with van der Waals surface area (Å²) in [5, 5.41) is 8.60. The standard InChI is InChI=1S/C6H11N3O7S/c1-16-6(13)9-17(14,15)8-3(5(11)12)2-4(7)10/h3,8H,2H2,1H3,(H2,7,10)(H,9,13)(H,11,12)/t3-/m1/s1. The maximum absolute atomic E-state index is 11.2. The largest absolute Gasteiger partial charge is 0.480 e. The van der Waals surface area contributed by atoms with Gasteiger partial charge in [0.25, 0.3) is 0 Å². The van der Waals surface area contributed by atoms with E-state index in [2.05, 4.69) is 4.74 Å². The molecule has 0 aromatic heterocycles. The molecule has 0 rings (SSSR count). The second-order valence-electron chi connectivity index (χ2n) is 2.78. The lowest BCUT2D eigenvalue weighted by Crippen LogP contribution is -2.49. The summed E-state index contributed by atoms with van der Waals surface area (Å²) in [7, 11) is -3.53. The van der Waals surface area contributed by atoms with Gasteiger partial charge in [0.2, 0.25) is 5.91 Å². The number of carbonyl (C=O) groups is 3. The highest BCUT2D eigenvalue weighted by molar-refractivity contribution is 7.88. The van der Waals surface area contributed by atoms with Gasteiger partial charge in [-0.1, -0.05) is 0 Å². The Bertz CT molecular complexity index is 417. The first-order valence-corrected chi connectivity index (χ1v) is 5.55. The summed E-state index contributed by atoms with van der Waals surface area (Å²) in [4.78, 5) is 31.7. The summed E-state index contributed by atoms with van der Waals surface area (Å²) < 4.78 is 29.2. The summed E-state index contributed by atoms with van der Waals surface area (Å²) in [6, 6.07) is -1.77. The van der Waals surface area contributed by atoms with Crippen LogP contribution in [0.5, 0.6) is 0 Å². The van der Waals surface area contributed by atoms with Crippen LogP contribution >= 0.6 is 0 Å². The van der Waals surface area contributed by atoms with Gasteiger partial charge in [0.15, 0.2) is 0 Å². The zero-order valence-electron chi connectivity index (χ0n) is 8.67. The number of nitrogens with one attached hydrogen (secondary N) is 2. The molecule has 0 unspecified atom stereocenters. The van der Waals surface area contributed by atoms with Crippen LogP contribution in [0, 0.1) is 0 Å². The molecule has 0 aromatic rings. The van der Waals surface area contributed by atoms with Crippen molar-refractivity contribution < 1.29 is 32.6 Å². The molecular weight excluding hydrogens is 258 g/mol. The van der Waals surface area contributed by atoms with Crippen molar-refractivity contribution >= 4 is 28.2 Å². The van der Waals surface area contributed by atoms with Gasteiger partial charge in [0.05, 0.1) is 13.5 Å². The molecule has 0 saturated heterocycles. The average molecular weight is 269 g/mol. The average Bonchev–Trinajstić information content (AvgIpc) is 2.14. The van der Waals surface area contributed by atoms with Gasteiger partial charge in [-0.15, -0.1) is 0 Å². The van der Waals surface area contributed by atoms with Gasteiger partial charge in [0, 0.05) is 0 Å². The summed E-state index contributed by atoms with van der Waals surface area (Å²) in [5.41, 5.74) is 4.73. The van der Waals surface area contributed by atoms with Gasteiger partial charge in [0.1, 0.15) is 6.04 Å². The van der Waals surface area contributed by atoms with Gasteiger partial charge >= 0.3 is 22.3 Å². The Hall–Kier alpha value is -1.88. The number of rotatable bonds is 6. The van der Waals surface area contributed by atoms with Crippen molar-refractivity contribution in [3.63, 3.8) is 0 Å². The fourth-order valence-electron chi connectivity index (χ4n) is 0.749. The summed E-state index contributed by atoms with van der Waals surface area (Å²) in [6.07, 6.45) is -2.06. The third-order valence-electron chi connectivity index (χ3n) is 1.40. The Kier molecular flexibility index (Phi) is 5.34. The number of amides is 2. The molecule has 10 nitrogen and oxygen atoms in total. The van der Waals surface area contributed by atoms with E-state index < -0.39 is 40.6 Å². The molecular formula is C6H11N3O7S. The Morgan fingerprint density at radius 1 is 1.41 bits per heavy atom. The van der Waals surface area contributed by atoms with Gasteiger partial charge in [-0.05, 0) is 0 Å². The van der Waals surface area contributed by atoms with Gasteiger partial charge in [-0.2, -0.15) is 13.1 Å². The highest BCUT2D eigenvalue weighted by atomic mass is 32.2. The van der Waals surface area contributed by atoms with E-state index in [-0.39, 0.29) is 0 Å². The van der Waals surface area contributed by atoms with E-state index in [1.807, 2.05) is 0 Å². The van der Waals surface area contributed by atoms with Crippen molar-refractivity contribution in [1.29, 1.82) is 0 Å². The van der Waals surface area contributed by atoms with Gasteiger partial charge in [-0.25, -0.2) is 9.52 Å². The molecule has 0 aliphatic rings. The minimum Gasteiger partial charge on any atom is -0.480 e. The van der Waals surface area contributed by atoms with Crippen LogP contribution in [0.2, 0.25) is 0 Å². The van der Waals surface area contributed by atoms with Crippen molar-refractivity contribution in [1.82, 2.24) is 9.44 Å². The van der Waals surface area contributed by atoms with E-state index in [0.717, 1.165) is 7.11 Å². The predicted molar refractivity (Wildman–Crippen MR) is 52.8 cm³/mol. The number of methoxy groups -OCH3 is 1. The monoisotopic (exact) mass is 269 g/mol. The Morgan fingerprint density at radius 3 is 2.29 bits per heavy atom. The van der Waals surface area contributed by atoms with E-state index in [9.17, 15) is 22.8 Å². The maximum atomic E-state index is 11.2. The molecule has 11 heteroatoms. The van der Waals surface area contributed by atoms with Crippen LogP contribution in [-0.4, -0.2) is 44.6 Å². The van der Waals surface area contributed by atoms with Crippen LogP contribution in [0.3, 0.4) is 0 Å². The summed E-state index contributed by atoms with van der Waals surface area (Å²) in [6.45, 7) is 0. The Balaban J connectivity index is 4.70. The second kappa shape index (κ2) is 6.00. The first kappa shape index (κ1) is 15.1. The van der Waals surface area contributed by atoms with Crippen LogP contribution in [0.15, 0.2) is 0 Å². The molecule has 17 heavy (non-hydrogen) atoms. The maximum Gasteiger partial charge on any atom is 0.421 e. The third kappa shape index (κ3) is 6.32. The molecule has 0 spiro atoms. The number of carboxylic acid groups (broad SMARTS) is 1. The number of carbonyl (C=O) groups excluding carboxylic acids is 2. The molecule has 0 heterocycles. The Labute approximate surface area is 96.3 Å². The van der Waals surface area contributed by atoms with Crippen LogP contribution in [0.4, 0.5) is 4.79 Å². The van der Waals surface area contributed by atoms with E-state index in [1.54, 1.807) is 4.72 Å². The van der Waals surface area contributed by atoms with Crippen molar-refractivity contribution in [2.24, 2.45) is 5.73 Å². The lowest BCUT2D eigenvalue weighted by atomic mass is 10.2. The molecule has 0 aromatic carbocycles. The van der Waals surface area contributed by atoms with Gasteiger partial charge in [-0.3, -0.25) is 9.59 Å². The van der Waals surface area contributed by atoms with E-state index >= 15 is 0 Å². The van der Waals surface area contributed by atoms with Crippen molar-refractivity contribution in [3.8, 4) is 0 Å². The zero-order chi connectivity index (χ0) is 13.6. The lowest BCUT2D eigenvalue weighted by Gasteiger charge is -2.12. The third-order valence-corrected chi connectivity index (χ3v) is 2.43. The summed E-state index contributed by atoms with van der Waals surface area (Å²) >= 11 is 0. The number of nitrogens with two attached hydrogens (primary N) is 1. The molecule has 0 saturated carbocycles. The van der Waals surface area contributed by atoms with E-state index in [4.69, 9.17) is 10.8 Å². The Morgan fingerprint density at radius 2 is 1.94 bits per heavy atom. The van der Waals surface area contributed by atoms with E-state index in [1.165, 1.54) is 4.72 Å². The highest BCUT2D eigenvalue weighted by Gasteiger charge is 2.26. The molecule has 5 N–H and O–H groups in total. The number of hydrogen-bond acceptors (Lipinski definition) is 6. The van der Waals surface area contributed by atoms with Gasteiger partial charge < -0.3 is 15.6 Å². The van der Waals surface area contributed by atoms with E-state index in [0.29, 0.717) is 0 Å². The second-order valence-corrected chi connectivity index (χ2v) is 4.22. The quantitative estimate of drug-likeness (QED) is 0.413. The molecule has 0 fully saturated rings. The first-order chi connectivity index (χ1) is 7.68. The normalized spacial score (nSPS) is 12.5. The summed E-state index contributed by atoms with van der Waals surface area (Å²) in [5.74, 6) is -2.63. The first-order valence-electron chi connectivity index (χ1n) is 4.07. The number of hydrogen-bond donors (Lipinski definition) is 4. The lowest BCUT2D eigenvalue weighted by molar-refractivity contribution is -0.140. The molecule has 0 radical (unpaired) electrons. The molecule has 0 aliphatic heterocycles. The van der Waals surface area contributed by atoms with Crippen LogP contribution in [0.25, 0.3) is 0 Å². The minimum absolute atomic E-state index is 0.753. The molecule has 0 aliphatic carbocycles. The molecule has 2 amide bonds. The molecule has 1 atom stereocenters. The number of ether oxygens (including phenoxy) is 1. The number of aliphatic carboxylic acids is 1. The van der Waals surface area contributed by atoms with Crippen LogP contribution in [-0.2, 0) is 24.5 Å². The van der Waals surface area contributed by atoms with Crippen molar-refractivity contribution in [3.05, 3.63) is 0 Å². The molecule has 0 bridgehead atoms. The smallest absolute Gasteiger partial charge is 0.421 e. The fourth-order valence-corrected chi connectivity index (χ4v) is 1.67.